The number of nitrogens with one attached hydrogen (secondary N) is 3. The van der Waals surface area contributed by atoms with Crippen LogP contribution in [0, 0.1) is 29.1 Å². The fraction of sp³-hybridized carbons (Fsp3) is 0.844. The average Bonchev–Trinajstić information content (AvgIpc) is 3.91. The van der Waals surface area contributed by atoms with Crippen molar-refractivity contribution in [2.75, 3.05) is 20.1 Å². The molecule has 0 spiro atoms. The molecule has 1 saturated heterocycles. The summed E-state index contributed by atoms with van der Waals surface area (Å²) in [7, 11) is -1.90. The molecule has 1 unspecified atom stereocenters. The van der Waals surface area contributed by atoms with Crippen LogP contribution in [-0.4, -0.2) is 96.7 Å². The Labute approximate surface area is 272 Å². The van der Waals surface area contributed by atoms with Gasteiger partial charge in [0.05, 0.1) is 5.25 Å². The summed E-state index contributed by atoms with van der Waals surface area (Å²) in [6.07, 6.45) is 8.85. The van der Waals surface area contributed by atoms with Gasteiger partial charge in [0, 0.05) is 26.2 Å². The molecule has 5 amide bonds. The highest BCUT2D eigenvalue weighted by molar-refractivity contribution is 7.90. The van der Waals surface area contributed by atoms with Gasteiger partial charge in [0.25, 0.3) is 5.91 Å². The first-order chi connectivity index (χ1) is 21.6. The number of fused-ring (bicyclic) bond motifs is 1. The van der Waals surface area contributed by atoms with Gasteiger partial charge in [0.1, 0.15) is 18.1 Å². The highest BCUT2D eigenvalue weighted by Gasteiger charge is 2.58. The molecule has 0 aromatic heterocycles. The van der Waals surface area contributed by atoms with Gasteiger partial charge in [0.15, 0.2) is 0 Å². The number of piperidine rings is 1. The summed E-state index contributed by atoms with van der Waals surface area (Å²) in [5, 5.41) is 8.36. The van der Waals surface area contributed by atoms with Gasteiger partial charge in [-0.2, -0.15) is 0 Å². The molecule has 1 heterocycles. The molecule has 258 valence electrons. The number of sulfonamides is 1. The molecular weight excluding hydrogens is 612 g/mol. The third kappa shape index (κ3) is 7.53. The zero-order valence-corrected chi connectivity index (χ0v) is 28.4. The topological polar surface area (TPSA) is 188 Å². The van der Waals surface area contributed by atoms with Crippen LogP contribution in [0.25, 0.3) is 0 Å². The quantitative estimate of drug-likeness (QED) is 0.213. The van der Waals surface area contributed by atoms with Crippen molar-refractivity contribution in [3.8, 4) is 0 Å². The van der Waals surface area contributed by atoms with Crippen LogP contribution in [-0.2, 0) is 29.2 Å². The van der Waals surface area contributed by atoms with E-state index in [0.717, 1.165) is 44.9 Å². The number of carbonyl (C=O) groups is 5. The Morgan fingerprint density at radius 2 is 1.48 bits per heavy atom. The molecular formula is C32H52N6O7S. The summed E-state index contributed by atoms with van der Waals surface area (Å²) in [4.78, 5) is 67.6. The molecule has 0 radical (unpaired) electrons. The molecule has 0 aromatic carbocycles. The first-order valence-electron chi connectivity index (χ1n) is 17.1. The lowest BCUT2D eigenvalue weighted by Gasteiger charge is -2.38. The summed E-state index contributed by atoms with van der Waals surface area (Å²) >= 11 is 0. The Hall–Kier alpha value is -2.74. The molecule has 46 heavy (non-hydrogen) atoms. The van der Waals surface area contributed by atoms with Crippen molar-refractivity contribution in [1.29, 1.82) is 0 Å². The van der Waals surface area contributed by atoms with Crippen molar-refractivity contribution in [3.05, 3.63) is 0 Å². The molecule has 0 bridgehead atoms. The average molecular weight is 665 g/mol. The van der Waals surface area contributed by atoms with Crippen LogP contribution in [0.2, 0.25) is 0 Å². The van der Waals surface area contributed by atoms with Crippen LogP contribution in [0.15, 0.2) is 0 Å². The number of rotatable bonds is 13. The van der Waals surface area contributed by atoms with E-state index in [9.17, 15) is 32.4 Å². The number of nitrogens with zero attached hydrogens (tertiary/aromatic N) is 2. The van der Waals surface area contributed by atoms with E-state index < -0.39 is 63.2 Å². The molecule has 5 N–H and O–H groups in total. The molecule has 14 heteroatoms. The lowest BCUT2D eigenvalue weighted by Crippen LogP contribution is -2.62. The maximum Gasteiger partial charge on any atom is 0.315 e. The zero-order valence-electron chi connectivity index (χ0n) is 27.6. The van der Waals surface area contributed by atoms with Crippen LogP contribution in [0.5, 0.6) is 0 Å². The second-order valence-electron chi connectivity index (χ2n) is 15.4. The van der Waals surface area contributed by atoms with E-state index in [-0.39, 0.29) is 41.4 Å². The molecule has 4 saturated carbocycles. The number of nitrogens with two attached hydrogens (primary N) is 1. The molecule has 6 atom stereocenters. The normalized spacial score (nSPS) is 27.2. The summed E-state index contributed by atoms with van der Waals surface area (Å²) < 4.78 is 27.0. The molecule has 1 aliphatic heterocycles. The number of amides is 5. The standard InChI is InChI=1S/C32H52N6O7S/c1-32(2,3)23(17-37(4)46(44,45)21-13-14-21)34-31(43)36-25(19-9-6-5-7-10-19)30(42)38-16-20-15-22(20)26(38)29(41)35-24(18-11-8-12-18)27(39)28(33)40/h18-26H,5-17H2,1-4H3,(H2,33,40)(H,35,41)(H2,34,36,43)/t20-,22-,23+,24?,25-,26-/m0/s1. The van der Waals surface area contributed by atoms with E-state index in [1.54, 1.807) is 4.90 Å². The summed E-state index contributed by atoms with van der Waals surface area (Å²) in [5.74, 6) is -2.81. The maximum absolute atomic E-state index is 14.3. The van der Waals surface area contributed by atoms with Crippen LogP contribution in [0.1, 0.15) is 91.4 Å². The van der Waals surface area contributed by atoms with Gasteiger partial charge >= 0.3 is 6.03 Å². The number of carbonyl (C=O) groups excluding carboxylic acids is 5. The minimum Gasteiger partial charge on any atom is -0.363 e. The van der Waals surface area contributed by atoms with E-state index in [4.69, 9.17) is 5.73 Å². The van der Waals surface area contributed by atoms with Crippen LogP contribution >= 0.6 is 0 Å². The molecule has 0 aromatic rings. The van der Waals surface area contributed by atoms with Crippen molar-refractivity contribution in [1.82, 2.24) is 25.2 Å². The maximum atomic E-state index is 14.3. The number of primary amides is 1. The molecule has 5 rings (SSSR count). The third-order valence-electron chi connectivity index (χ3n) is 11.0. The van der Waals surface area contributed by atoms with Gasteiger partial charge in [-0.25, -0.2) is 17.5 Å². The van der Waals surface area contributed by atoms with E-state index in [1.807, 2.05) is 20.8 Å². The first-order valence-corrected chi connectivity index (χ1v) is 18.6. The van der Waals surface area contributed by atoms with Gasteiger partial charge in [0.2, 0.25) is 27.6 Å². The predicted octanol–water partition coefficient (Wildman–Crippen LogP) is 1.26. The van der Waals surface area contributed by atoms with Crippen LogP contribution in [0.4, 0.5) is 4.79 Å². The van der Waals surface area contributed by atoms with Gasteiger partial charge in [-0.3, -0.25) is 19.2 Å². The lowest BCUT2D eigenvalue weighted by atomic mass is 9.78. The van der Waals surface area contributed by atoms with E-state index in [1.165, 1.54) is 11.4 Å². The minimum atomic E-state index is -3.44. The van der Waals surface area contributed by atoms with E-state index in [2.05, 4.69) is 16.0 Å². The van der Waals surface area contributed by atoms with Gasteiger partial charge in [-0.05, 0) is 74.0 Å². The monoisotopic (exact) mass is 664 g/mol. The summed E-state index contributed by atoms with van der Waals surface area (Å²) in [6.45, 7) is 6.28. The molecule has 13 nitrogen and oxygen atoms in total. The number of ketones is 1. The van der Waals surface area contributed by atoms with Crippen molar-refractivity contribution in [2.45, 2.75) is 121 Å². The zero-order chi connectivity index (χ0) is 33.6. The lowest BCUT2D eigenvalue weighted by molar-refractivity contribution is -0.144. The van der Waals surface area contributed by atoms with E-state index >= 15 is 0 Å². The highest BCUT2D eigenvalue weighted by Crippen LogP contribution is 2.50. The first kappa shape index (κ1) is 34.6. The van der Waals surface area contributed by atoms with Crippen molar-refractivity contribution < 1.29 is 32.4 Å². The summed E-state index contributed by atoms with van der Waals surface area (Å²) in [5.41, 5.74) is 4.83. The Balaban J connectivity index is 1.31. The summed E-state index contributed by atoms with van der Waals surface area (Å²) in [6, 6.07) is -3.74. The second kappa shape index (κ2) is 13.4. The number of hydrogen-bond donors (Lipinski definition) is 4. The van der Waals surface area contributed by atoms with Crippen molar-refractivity contribution in [2.24, 2.45) is 34.8 Å². The minimum absolute atomic E-state index is 0.0373. The predicted molar refractivity (Wildman–Crippen MR) is 170 cm³/mol. The fourth-order valence-corrected chi connectivity index (χ4v) is 9.07. The number of likely N-dealkylation sites (N-methyl/N-ethyl adjacent to an activating group) is 1. The van der Waals surface area contributed by atoms with Crippen molar-refractivity contribution in [3.63, 3.8) is 0 Å². The Bertz CT molecular complexity index is 1320. The number of likely N-dealkylation sites (tertiary alicyclic amines) is 1. The molecule has 4 aliphatic carbocycles. The Morgan fingerprint density at radius 1 is 0.870 bits per heavy atom. The SMILES string of the molecule is CN(C[C@@H](NC(=O)N[C@H](C(=O)N1C[C@@H]2C[C@@H]2[C@H]1C(=O)NC(C(=O)C(N)=O)C1CCC1)C1CCCCC1)C(C)(C)C)S(=O)(=O)C1CC1. The number of hydrogen-bond acceptors (Lipinski definition) is 7. The molecule has 5 fully saturated rings. The number of Topliss-reactive ketones (excluding diaryl/α,β-unsaturated/α-hetero) is 1. The Kier molecular flexibility index (Phi) is 10.1. The smallest absolute Gasteiger partial charge is 0.315 e. The van der Waals surface area contributed by atoms with Gasteiger partial charge in [-0.1, -0.05) is 46.5 Å². The number of urea groups is 1. The van der Waals surface area contributed by atoms with E-state index in [0.29, 0.717) is 32.2 Å². The Morgan fingerprint density at radius 3 is 2.02 bits per heavy atom. The fourth-order valence-electron chi connectivity index (χ4n) is 7.48. The third-order valence-corrected chi connectivity index (χ3v) is 13.3. The van der Waals surface area contributed by atoms with Crippen molar-refractivity contribution >= 4 is 39.6 Å². The molecule has 5 aliphatic rings. The van der Waals surface area contributed by atoms with Crippen LogP contribution < -0.4 is 21.7 Å². The highest BCUT2D eigenvalue weighted by atomic mass is 32.2. The second-order valence-corrected chi connectivity index (χ2v) is 17.8. The van der Waals surface area contributed by atoms with Gasteiger partial charge in [-0.15, -0.1) is 0 Å². The van der Waals surface area contributed by atoms with Gasteiger partial charge < -0.3 is 26.6 Å². The van der Waals surface area contributed by atoms with Crippen LogP contribution in [0.3, 0.4) is 0 Å². The largest absolute Gasteiger partial charge is 0.363 e.